The molecule has 0 radical (unpaired) electrons. The van der Waals surface area contributed by atoms with Crippen LogP contribution in [-0.4, -0.2) is 52.5 Å². The van der Waals surface area contributed by atoms with E-state index < -0.39 is 41.1 Å². The lowest BCUT2D eigenvalue weighted by molar-refractivity contribution is -0.387. The molecule has 156 valence electrons. The Balaban J connectivity index is 2.19. The van der Waals surface area contributed by atoms with E-state index in [0.717, 1.165) is 24.6 Å². The third-order valence-electron chi connectivity index (χ3n) is 3.63. The van der Waals surface area contributed by atoms with Crippen LogP contribution in [0, 0.1) is 10.1 Å². The monoisotopic (exact) mass is 442 g/mol. The lowest BCUT2D eigenvalue weighted by Gasteiger charge is -2.09. The summed E-state index contributed by atoms with van der Waals surface area (Å²) < 4.78 is 50.9. The second-order valence-electron chi connectivity index (χ2n) is 6.17. The molecule has 0 unspecified atom stereocenters. The van der Waals surface area contributed by atoms with E-state index in [1.807, 2.05) is 0 Å². The van der Waals surface area contributed by atoms with E-state index in [1.165, 1.54) is 12.1 Å². The molecule has 2 rings (SSSR count). The minimum Gasteiger partial charge on any atom is -0.492 e. The Bertz CT molecular complexity index is 1160. The zero-order chi connectivity index (χ0) is 21.8. The van der Waals surface area contributed by atoms with E-state index >= 15 is 0 Å². The van der Waals surface area contributed by atoms with Gasteiger partial charge in [0.15, 0.2) is 19.7 Å². The Morgan fingerprint density at radius 1 is 1.10 bits per heavy atom. The molecule has 12 heteroatoms. The Morgan fingerprint density at radius 3 is 2.38 bits per heavy atom. The number of benzene rings is 2. The molecule has 0 aliphatic heterocycles. The van der Waals surface area contributed by atoms with Crippen LogP contribution >= 0.6 is 0 Å². The van der Waals surface area contributed by atoms with Crippen molar-refractivity contribution in [2.24, 2.45) is 0 Å². The van der Waals surface area contributed by atoms with E-state index in [4.69, 9.17) is 4.74 Å². The quantitative estimate of drug-likeness (QED) is 0.479. The second kappa shape index (κ2) is 8.57. The molecule has 1 N–H and O–H groups in total. The van der Waals surface area contributed by atoms with Gasteiger partial charge in [-0.25, -0.2) is 16.8 Å². The smallest absolute Gasteiger partial charge is 0.288 e. The SMILES string of the molecule is CS(=O)(=O)CCOc1cccc(NC(=O)c2ccc(S(C)(=O)=O)c([N+](=O)[O-])c2)c1. The summed E-state index contributed by atoms with van der Waals surface area (Å²) in [4.78, 5) is 22.2. The van der Waals surface area contributed by atoms with Gasteiger partial charge in [0.1, 0.15) is 17.3 Å². The number of nitro benzene ring substituents is 1. The standard InChI is InChI=1S/C17H18N2O8S2/c1-28(23,24)9-8-27-14-5-3-4-13(11-14)18-17(20)12-6-7-16(29(2,25)26)15(10-12)19(21)22/h3-7,10-11H,8-9H2,1-2H3,(H,18,20). The first kappa shape index (κ1) is 22.3. The topological polar surface area (TPSA) is 150 Å². The van der Waals surface area contributed by atoms with Crippen LogP contribution in [0.1, 0.15) is 10.4 Å². The van der Waals surface area contributed by atoms with Gasteiger partial charge in [0.25, 0.3) is 11.6 Å². The van der Waals surface area contributed by atoms with Crippen LogP contribution < -0.4 is 10.1 Å². The van der Waals surface area contributed by atoms with Gasteiger partial charge in [-0.2, -0.15) is 0 Å². The largest absolute Gasteiger partial charge is 0.492 e. The first-order valence-corrected chi connectivity index (χ1v) is 12.0. The van der Waals surface area contributed by atoms with Crippen LogP contribution in [0.2, 0.25) is 0 Å². The molecule has 0 atom stereocenters. The number of carbonyl (C=O) groups is 1. The average Bonchev–Trinajstić information content (AvgIpc) is 2.59. The van der Waals surface area contributed by atoms with Crippen molar-refractivity contribution in [1.29, 1.82) is 0 Å². The van der Waals surface area contributed by atoms with E-state index in [1.54, 1.807) is 18.2 Å². The van der Waals surface area contributed by atoms with Crippen molar-refractivity contribution in [3.05, 3.63) is 58.1 Å². The van der Waals surface area contributed by atoms with Crippen molar-refractivity contribution < 1.29 is 31.3 Å². The van der Waals surface area contributed by atoms with Crippen LogP contribution in [0.3, 0.4) is 0 Å². The predicted molar refractivity (Wildman–Crippen MR) is 106 cm³/mol. The number of carbonyl (C=O) groups excluding carboxylic acids is 1. The molecule has 0 aliphatic carbocycles. The number of sulfone groups is 2. The molecule has 2 aromatic rings. The van der Waals surface area contributed by atoms with Crippen LogP contribution in [0.15, 0.2) is 47.4 Å². The Morgan fingerprint density at radius 2 is 1.79 bits per heavy atom. The van der Waals surface area contributed by atoms with Crippen molar-refractivity contribution in [1.82, 2.24) is 0 Å². The molecule has 2 aromatic carbocycles. The Kier molecular flexibility index (Phi) is 6.59. The van der Waals surface area contributed by atoms with Crippen molar-refractivity contribution in [2.75, 3.05) is 30.2 Å². The fourth-order valence-electron chi connectivity index (χ4n) is 2.29. The number of amides is 1. The summed E-state index contributed by atoms with van der Waals surface area (Å²) in [6.45, 7) is -0.0601. The maximum Gasteiger partial charge on any atom is 0.288 e. The summed E-state index contributed by atoms with van der Waals surface area (Å²) >= 11 is 0. The molecule has 0 heterocycles. The first-order chi connectivity index (χ1) is 13.4. The lowest BCUT2D eigenvalue weighted by Crippen LogP contribution is -2.14. The second-order valence-corrected chi connectivity index (χ2v) is 10.4. The number of nitro groups is 1. The number of nitrogens with zero attached hydrogens (tertiary/aromatic N) is 1. The maximum atomic E-state index is 12.4. The van der Waals surface area contributed by atoms with Gasteiger partial charge in [-0.3, -0.25) is 14.9 Å². The molecule has 0 aromatic heterocycles. The average molecular weight is 442 g/mol. The van der Waals surface area contributed by atoms with Crippen molar-refractivity contribution in [3.8, 4) is 5.75 Å². The van der Waals surface area contributed by atoms with Crippen molar-refractivity contribution in [2.45, 2.75) is 4.90 Å². The number of hydrogen-bond acceptors (Lipinski definition) is 8. The van der Waals surface area contributed by atoms with Gasteiger partial charge >= 0.3 is 0 Å². The number of rotatable bonds is 8. The first-order valence-electron chi connectivity index (χ1n) is 8.07. The minimum atomic E-state index is -3.84. The number of hydrogen-bond donors (Lipinski definition) is 1. The molecule has 29 heavy (non-hydrogen) atoms. The number of nitrogens with one attached hydrogen (secondary N) is 1. The molecule has 0 aliphatic rings. The summed E-state index contributed by atoms with van der Waals surface area (Å²) in [5.74, 6) is -0.536. The van der Waals surface area contributed by atoms with E-state index in [9.17, 15) is 31.7 Å². The van der Waals surface area contributed by atoms with Crippen LogP contribution in [0.4, 0.5) is 11.4 Å². The maximum absolute atomic E-state index is 12.4. The van der Waals surface area contributed by atoms with Crippen LogP contribution in [0.25, 0.3) is 0 Å². The molecule has 0 bridgehead atoms. The summed E-state index contributed by atoms with van der Waals surface area (Å²) in [5, 5.41) is 13.7. The number of anilines is 1. The molecule has 0 saturated carbocycles. The summed E-state index contributed by atoms with van der Waals surface area (Å²) in [6.07, 6.45) is 1.92. The molecule has 10 nitrogen and oxygen atoms in total. The molecule has 0 saturated heterocycles. The van der Waals surface area contributed by atoms with Gasteiger partial charge in [-0.15, -0.1) is 0 Å². The van der Waals surface area contributed by atoms with Crippen molar-refractivity contribution >= 4 is 37.0 Å². The highest BCUT2D eigenvalue weighted by Gasteiger charge is 2.24. The highest BCUT2D eigenvalue weighted by Crippen LogP contribution is 2.26. The fourth-order valence-corrected chi connectivity index (χ4v) is 3.51. The van der Waals surface area contributed by atoms with Gasteiger partial charge in [0, 0.05) is 35.9 Å². The van der Waals surface area contributed by atoms with Gasteiger partial charge in [-0.05, 0) is 24.3 Å². The third kappa shape index (κ3) is 6.54. The van der Waals surface area contributed by atoms with Gasteiger partial charge in [0.05, 0.1) is 10.7 Å². The van der Waals surface area contributed by atoms with Crippen molar-refractivity contribution in [3.63, 3.8) is 0 Å². The normalized spacial score (nSPS) is 11.7. The highest BCUT2D eigenvalue weighted by atomic mass is 32.2. The molecular weight excluding hydrogens is 424 g/mol. The third-order valence-corrected chi connectivity index (χ3v) is 5.68. The van der Waals surface area contributed by atoms with Gasteiger partial charge in [-0.1, -0.05) is 6.07 Å². The highest BCUT2D eigenvalue weighted by molar-refractivity contribution is 7.91. The fraction of sp³-hybridized carbons (Fsp3) is 0.235. The summed E-state index contributed by atoms with van der Waals surface area (Å²) in [7, 11) is -7.01. The minimum absolute atomic E-state index is 0.0601. The molecule has 1 amide bonds. The Hall–Kier alpha value is -2.99. The van der Waals surface area contributed by atoms with Gasteiger partial charge < -0.3 is 10.1 Å². The Labute approximate surface area is 167 Å². The lowest BCUT2D eigenvalue weighted by atomic mass is 10.2. The summed E-state index contributed by atoms with van der Waals surface area (Å²) in [6, 6.07) is 9.21. The number of ether oxygens (including phenoxy) is 1. The van der Waals surface area contributed by atoms with E-state index in [-0.39, 0.29) is 17.9 Å². The van der Waals surface area contributed by atoms with E-state index in [2.05, 4.69) is 5.32 Å². The zero-order valence-electron chi connectivity index (χ0n) is 15.5. The van der Waals surface area contributed by atoms with Gasteiger partial charge in [0.2, 0.25) is 0 Å². The predicted octanol–water partition coefficient (Wildman–Crippen LogP) is 1.67. The van der Waals surface area contributed by atoms with Crippen LogP contribution in [0.5, 0.6) is 5.75 Å². The molecule has 0 fully saturated rings. The van der Waals surface area contributed by atoms with E-state index in [0.29, 0.717) is 11.4 Å². The summed E-state index contributed by atoms with van der Waals surface area (Å²) in [5.41, 5.74) is -0.493. The molecule has 0 spiro atoms. The molecular formula is C17H18N2O8S2. The zero-order valence-corrected chi connectivity index (χ0v) is 17.1. The van der Waals surface area contributed by atoms with Crippen LogP contribution in [-0.2, 0) is 19.7 Å².